The molecule has 86 valence electrons. The Morgan fingerprint density at radius 3 is 2.40 bits per heavy atom. The second-order valence-electron chi connectivity index (χ2n) is 4.63. The highest BCUT2D eigenvalue weighted by Crippen LogP contribution is 2.30. The van der Waals surface area contributed by atoms with Crippen molar-refractivity contribution in [3.05, 3.63) is 21.4 Å². The van der Waals surface area contributed by atoms with Crippen molar-refractivity contribution in [3.8, 4) is 0 Å². The molecule has 1 unspecified atom stereocenters. The maximum absolute atomic E-state index is 3.58. The van der Waals surface area contributed by atoms with Crippen molar-refractivity contribution in [2.24, 2.45) is 5.92 Å². The fourth-order valence-corrected chi connectivity index (χ4v) is 2.92. The molecule has 0 radical (unpaired) electrons. The Morgan fingerprint density at radius 2 is 2.00 bits per heavy atom. The van der Waals surface area contributed by atoms with Crippen LogP contribution in [-0.2, 0) is 0 Å². The molecule has 0 aromatic carbocycles. The quantitative estimate of drug-likeness (QED) is 0.797. The first-order valence-corrected chi connectivity index (χ1v) is 6.66. The minimum Gasteiger partial charge on any atom is -0.310 e. The van der Waals surface area contributed by atoms with E-state index in [2.05, 4.69) is 46.0 Å². The summed E-state index contributed by atoms with van der Waals surface area (Å²) in [7, 11) is 0. The van der Waals surface area contributed by atoms with Crippen LogP contribution in [-0.4, -0.2) is 6.54 Å². The fraction of sp³-hybridized carbons (Fsp3) is 0.692. The van der Waals surface area contributed by atoms with Crippen LogP contribution in [0, 0.1) is 19.8 Å². The molecule has 1 atom stereocenters. The standard InChI is InChI=1S/C13H23NS/c1-6-14-12(7-9(2)3)13-8-10(4)11(5)15-13/h8-9,12,14H,6-7H2,1-5H3. The minimum atomic E-state index is 0.549. The van der Waals surface area contributed by atoms with Gasteiger partial charge in [0.15, 0.2) is 0 Å². The Balaban J connectivity index is 2.78. The lowest BCUT2D eigenvalue weighted by Crippen LogP contribution is -2.21. The normalized spacial score (nSPS) is 13.5. The molecule has 15 heavy (non-hydrogen) atoms. The largest absolute Gasteiger partial charge is 0.310 e. The predicted octanol–water partition coefficient (Wildman–Crippen LogP) is 4.06. The second-order valence-corrected chi connectivity index (χ2v) is 5.92. The molecule has 2 heteroatoms. The van der Waals surface area contributed by atoms with E-state index in [0.717, 1.165) is 12.5 Å². The van der Waals surface area contributed by atoms with Crippen LogP contribution in [0.15, 0.2) is 6.07 Å². The average molecular weight is 225 g/mol. The van der Waals surface area contributed by atoms with Crippen molar-refractivity contribution in [2.75, 3.05) is 6.54 Å². The number of hydrogen-bond acceptors (Lipinski definition) is 2. The summed E-state index contributed by atoms with van der Waals surface area (Å²) in [6, 6.07) is 2.89. The maximum Gasteiger partial charge on any atom is 0.0417 e. The van der Waals surface area contributed by atoms with Crippen LogP contribution in [0.25, 0.3) is 0 Å². The molecule has 0 saturated heterocycles. The van der Waals surface area contributed by atoms with Gasteiger partial charge in [-0.1, -0.05) is 20.8 Å². The summed E-state index contributed by atoms with van der Waals surface area (Å²) in [5, 5.41) is 3.58. The van der Waals surface area contributed by atoms with E-state index >= 15 is 0 Å². The van der Waals surface area contributed by atoms with E-state index in [0.29, 0.717) is 6.04 Å². The molecule has 0 fully saturated rings. The van der Waals surface area contributed by atoms with Crippen molar-refractivity contribution < 1.29 is 0 Å². The Kier molecular flexibility index (Phi) is 4.81. The zero-order chi connectivity index (χ0) is 11.4. The first-order valence-electron chi connectivity index (χ1n) is 5.84. The molecule has 1 rings (SSSR count). The number of thiophene rings is 1. The Morgan fingerprint density at radius 1 is 1.33 bits per heavy atom. The van der Waals surface area contributed by atoms with Crippen LogP contribution in [0.5, 0.6) is 0 Å². The van der Waals surface area contributed by atoms with Crippen molar-refractivity contribution in [1.82, 2.24) is 5.32 Å². The maximum atomic E-state index is 3.58. The summed E-state index contributed by atoms with van der Waals surface area (Å²) in [5.74, 6) is 0.747. The van der Waals surface area contributed by atoms with E-state index in [4.69, 9.17) is 0 Å². The third-order valence-electron chi connectivity index (χ3n) is 2.69. The Labute approximate surface area is 97.9 Å². The molecule has 1 nitrogen and oxygen atoms in total. The molecule has 0 bridgehead atoms. The van der Waals surface area contributed by atoms with Gasteiger partial charge in [0.1, 0.15) is 0 Å². The van der Waals surface area contributed by atoms with Crippen LogP contribution in [0.2, 0.25) is 0 Å². The molecule has 1 aromatic heterocycles. The van der Waals surface area contributed by atoms with Gasteiger partial charge in [-0.25, -0.2) is 0 Å². The number of hydrogen-bond donors (Lipinski definition) is 1. The van der Waals surface area contributed by atoms with E-state index in [1.54, 1.807) is 0 Å². The SMILES string of the molecule is CCNC(CC(C)C)c1cc(C)c(C)s1. The topological polar surface area (TPSA) is 12.0 Å². The summed E-state index contributed by atoms with van der Waals surface area (Å²) < 4.78 is 0. The van der Waals surface area contributed by atoms with E-state index in [1.807, 2.05) is 11.3 Å². The van der Waals surface area contributed by atoms with Gasteiger partial charge in [-0.3, -0.25) is 0 Å². The fourth-order valence-electron chi connectivity index (χ4n) is 1.79. The Hall–Kier alpha value is -0.340. The lowest BCUT2D eigenvalue weighted by Gasteiger charge is -2.18. The molecule has 0 aliphatic heterocycles. The molecule has 0 aliphatic carbocycles. The average Bonchev–Trinajstić information content (AvgIpc) is 2.46. The van der Waals surface area contributed by atoms with E-state index in [1.165, 1.54) is 21.7 Å². The zero-order valence-corrected chi connectivity index (χ0v) is 11.4. The van der Waals surface area contributed by atoms with Crippen LogP contribution in [0.3, 0.4) is 0 Å². The van der Waals surface area contributed by atoms with Crippen LogP contribution < -0.4 is 5.32 Å². The zero-order valence-electron chi connectivity index (χ0n) is 10.6. The summed E-state index contributed by atoms with van der Waals surface area (Å²) in [4.78, 5) is 2.96. The first-order chi connectivity index (χ1) is 7.04. The summed E-state index contributed by atoms with van der Waals surface area (Å²) in [6.07, 6.45) is 1.23. The van der Waals surface area contributed by atoms with Gasteiger partial charge in [0.25, 0.3) is 0 Å². The third-order valence-corrected chi connectivity index (χ3v) is 3.95. The second kappa shape index (κ2) is 5.66. The smallest absolute Gasteiger partial charge is 0.0417 e. The van der Waals surface area contributed by atoms with Crippen molar-refractivity contribution in [2.45, 2.75) is 47.1 Å². The molecule has 0 saturated carbocycles. The van der Waals surface area contributed by atoms with Gasteiger partial charge in [0.05, 0.1) is 0 Å². The van der Waals surface area contributed by atoms with Crippen LogP contribution >= 0.6 is 11.3 Å². The highest BCUT2D eigenvalue weighted by molar-refractivity contribution is 7.12. The molecule has 0 spiro atoms. The molecule has 0 amide bonds. The lowest BCUT2D eigenvalue weighted by molar-refractivity contribution is 0.443. The lowest BCUT2D eigenvalue weighted by atomic mass is 10.0. The highest BCUT2D eigenvalue weighted by atomic mass is 32.1. The monoisotopic (exact) mass is 225 g/mol. The third kappa shape index (κ3) is 3.62. The molecule has 1 heterocycles. The first kappa shape index (κ1) is 12.7. The Bertz CT molecular complexity index is 282. The number of aryl methyl sites for hydroxylation is 2. The molecular formula is C13H23NS. The molecular weight excluding hydrogens is 202 g/mol. The summed E-state index contributed by atoms with van der Waals surface area (Å²) in [6.45, 7) is 12.2. The van der Waals surface area contributed by atoms with Gasteiger partial charge in [0, 0.05) is 15.8 Å². The van der Waals surface area contributed by atoms with Crippen LogP contribution in [0.4, 0.5) is 0 Å². The molecule has 1 N–H and O–H groups in total. The van der Waals surface area contributed by atoms with Gasteiger partial charge >= 0.3 is 0 Å². The van der Waals surface area contributed by atoms with Crippen LogP contribution in [0.1, 0.15) is 48.6 Å². The van der Waals surface area contributed by atoms with Gasteiger partial charge in [-0.2, -0.15) is 0 Å². The number of nitrogens with one attached hydrogen (secondary N) is 1. The van der Waals surface area contributed by atoms with Crippen molar-refractivity contribution >= 4 is 11.3 Å². The summed E-state index contributed by atoms with van der Waals surface area (Å²) >= 11 is 1.94. The van der Waals surface area contributed by atoms with Gasteiger partial charge in [0.2, 0.25) is 0 Å². The summed E-state index contributed by atoms with van der Waals surface area (Å²) in [5.41, 5.74) is 1.43. The predicted molar refractivity (Wildman–Crippen MR) is 69.7 cm³/mol. The van der Waals surface area contributed by atoms with E-state index in [9.17, 15) is 0 Å². The van der Waals surface area contributed by atoms with E-state index in [-0.39, 0.29) is 0 Å². The number of rotatable bonds is 5. The van der Waals surface area contributed by atoms with Gasteiger partial charge < -0.3 is 5.32 Å². The van der Waals surface area contributed by atoms with Gasteiger partial charge in [-0.05, 0) is 44.4 Å². The van der Waals surface area contributed by atoms with Crippen molar-refractivity contribution in [3.63, 3.8) is 0 Å². The molecule has 1 aromatic rings. The molecule has 0 aliphatic rings. The van der Waals surface area contributed by atoms with Crippen molar-refractivity contribution in [1.29, 1.82) is 0 Å². The van der Waals surface area contributed by atoms with Gasteiger partial charge in [-0.15, -0.1) is 11.3 Å². The highest BCUT2D eigenvalue weighted by Gasteiger charge is 2.14. The minimum absolute atomic E-state index is 0.549. The van der Waals surface area contributed by atoms with E-state index < -0.39 is 0 Å².